The Hall–Kier alpha value is -1.97. The lowest BCUT2D eigenvalue weighted by Gasteiger charge is -2.18. The Balaban J connectivity index is 2.12. The van der Waals surface area contributed by atoms with Crippen molar-refractivity contribution in [3.05, 3.63) is 48.0 Å². The molecular weight excluding hydrogens is 250 g/mol. The number of hydrogen-bond acceptors (Lipinski definition) is 3. The highest BCUT2D eigenvalue weighted by Gasteiger charge is 2.18. The first-order valence-electron chi connectivity index (χ1n) is 6.84. The van der Waals surface area contributed by atoms with Gasteiger partial charge in [0.1, 0.15) is 12.7 Å². The summed E-state index contributed by atoms with van der Waals surface area (Å²) in [5.41, 5.74) is 2.56. The number of hydrogen-bond donors (Lipinski definition) is 0. The van der Waals surface area contributed by atoms with E-state index in [2.05, 4.69) is 43.0 Å². The summed E-state index contributed by atoms with van der Waals surface area (Å²) in [5, 5.41) is 3.88. The van der Waals surface area contributed by atoms with Crippen LogP contribution in [0.2, 0.25) is 0 Å². The third-order valence-electron chi connectivity index (χ3n) is 3.23. The van der Waals surface area contributed by atoms with E-state index < -0.39 is 0 Å². The molecule has 0 N–H and O–H groups in total. The molecule has 2 rings (SSSR count). The minimum atomic E-state index is -0.222. The van der Waals surface area contributed by atoms with Crippen LogP contribution >= 0.6 is 0 Å². The summed E-state index contributed by atoms with van der Waals surface area (Å²) in [6.45, 7) is 8.55. The van der Waals surface area contributed by atoms with E-state index in [0.29, 0.717) is 0 Å². The van der Waals surface area contributed by atoms with Crippen molar-refractivity contribution in [3.8, 4) is 0 Å². The second-order valence-electron chi connectivity index (χ2n) is 6.38. The number of carbonyl (C=O) groups excluding carboxylic acids is 1. The van der Waals surface area contributed by atoms with Crippen molar-refractivity contribution in [1.29, 1.82) is 0 Å². The van der Waals surface area contributed by atoms with Gasteiger partial charge in [0.05, 0.1) is 5.92 Å². The van der Waals surface area contributed by atoms with Crippen molar-refractivity contribution < 1.29 is 4.79 Å². The molecular formula is C16H21N3O. The van der Waals surface area contributed by atoms with Gasteiger partial charge in [-0.25, -0.2) is 4.98 Å². The molecule has 4 nitrogen and oxygen atoms in total. The summed E-state index contributed by atoms with van der Waals surface area (Å²) >= 11 is 0. The third kappa shape index (κ3) is 3.53. The van der Waals surface area contributed by atoms with Crippen molar-refractivity contribution in [2.75, 3.05) is 0 Å². The Labute approximate surface area is 119 Å². The van der Waals surface area contributed by atoms with Crippen LogP contribution in [-0.2, 0) is 6.42 Å². The van der Waals surface area contributed by atoms with Crippen LogP contribution in [0.25, 0.3) is 0 Å². The average molecular weight is 271 g/mol. The lowest BCUT2D eigenvalue weighted by Crippen LogP contribution is -2.18. The van der Waals surface area contributed by atoms with Crippen LogP contribution in [0.4, 0.5) is 0 Å². The molecule has 0 bridgehead atoms. The van der Waals surface area contributed by atoms with Crippen LogP contribution in [-0.4, -0.2) is 20.7 Å². The molecule has 20 heavy (non-hydrogen) atoms. The van der Waals surface area contributed by atoms with Crippen molar-refractivity contribution in [1.82, 2.24) is 14.8 Å². The molecule has 1 heterocycles. The maximum atomic E-state index is 12.2. The van der Waals surface area contributed by atoms with Gasteiger partial charge in [-0.3, -0.25) is 4.79 Å². The van der Waals surface area contributed by atoms with Gasteiger partial charge < -0.3 is 0 Å². The number of rotatable bonds is 3. The highest BCUT2D eigenvalue weighted by Crippen LogP contribution is 2.23. The molecule has 2 aromatic rings. The van der Waals surface area contributed by atoms with Crippen molar-refractivity contribution in [2.45, 2.75) is 40.0 Å². The number of benzene rings is 1. The fraction of sp³-hybridized carbons (Fsp3) is 0.438. The molecule has 0 aliphatic carbocycles. The zero-order valence-corrected chi connectivity index (χ0v) is 12.5. The van der Waals surface area contributed by atoms with Gasteiger partial charge in [0, 0.05) is 0 Å². The van der Waals surface area contributed by atoms with Crippen LogP contribution < -0.4 is 0 Å². The summed E-state index contributed by atoms with van der Waals surface area (Å²) < 4.78 is 1.29. The molecule has 1 aromatic carbocycles. The summed E-state index contributed by atoms with van der Waals surface area (Å²) in [6, 6.07) is 8.26. The Morgan fingerprint density at radius 1 is 1.25 bits per heavy atom. The molecule has 0 radical (unpaired) electrons. The second-order valence-corrected chi connectivity index (χ2v) is 6.38. The molecule has 106 valence electrons. The molecule has 0 fully saturated rings. The quantitative estimate of drug-likeness (QED) is 0.860. The summed E-state index contributed by atoms with van der Waals surface area (Å²) in [7, 11) is 0. The lowest BCUT2D eigenvalue weighted by molar-refractivity contribution is 0.0868. The Bertz CT molecular complexity index is 565. The van der Waals surface area contributed by atoms with E-state index in [1.165, 1.54) is 22.9 Å². The molecule has 4 heteroatoms. The van der Waals surface area contributed by atoms with Crippen LogP contribution in [0, 0.1) is 5.41 Å². The van der Waals surface area contributed by atoms with Gasteiger partial charge in [-0.1, -0.05) is 45.0 Å². The highest BCUT2D eigenvalue weighted by molar-refractivity contribution is 5.84. The number of nitrogens with zero attached hydrogens (tertiary/aromatic N) is 3. The first-order chi connectivity index (χ1) is 9.37. The molecule has 0 saturated heterocycles. The molecule has 0 amide bonds. The van der Waals surface area contributed by atoms with E-state index in [1.54, 1.807) is 0 Å². The molecule has 1 aromatic heterocycles. The van der Waals surface area contributed by atoms with Gasteiger partial charge in [-0.05, 0) is 29.9 Å². The maximum absolute atomic E-state index is 12.2. The summed E-state index contributed by atoms with van der Waals surface area (Å²) in [5.74, 6) is -0.286. The zero-order chi connectivity index (χ0) is 14.8. The predicted molar refractivity (Wildman–Crippen MR) is 78.7 cm³/mol. The topological polar surface area (TPSA) is 47.8 Å². The monoisotopic (exact) mass is 271 g/mol. The molecule has 1 atom stereocenters. The molecule has 0 aliphatic rings. The molecule has 0 aliphatic heterocycles. The van der Waals surface area contributed by atoms with Crippen molar-refractivity contribution in [3.63, 3.8) is 0 Å². The first-order valence-corrected chi connectivity index (χ1v) is 6.84. The fourth-order valence-electron chi connectivity index (χ4n) is 2.20. The maximum Gasteiger partial charge on any atom is 0.255 e. The van der Waals surface area contributed by atoms with E-state index in [9.17, 15) is 4.79 Å². The van der Waals surface area contributed by atoms with Gasteiger partial charge in [-0.15, -0.1) is 0 Å². The van der Waals surface area contributed by atoms with Crippen molar-refractivity contribution >= 4 is 5.91 Å². The van der Waals surface area contributed by atoms with E-state index in [4.69, 9.17) is 0 Å². The minimum Gasteiger partial charge on any atom is -0.272 e. The van der Waals surface area contributed by atoms with Gasteiger partial charge in [-0.2, -0.15) is 9.78 Å². The molecule has 0 spiro atoms. The molecule has 0 unspecified atom stereocenters. The van der Waals surface area contributed by atoms with Gasteiger partial charge in [0.15, 0.2) is 0 Å². The second kappa shape index (κ2) is 5.57. The SMILES string of the molecule is C[C@@H](C(=O)n1cncn1)c1ccc(CC(C)(C)C)cc1. The van der Waals surface area contributed by atoms with Gasteiger partial charge in [0.2, 0.25) is 0 Å². The Morgan fingerprint density at radius 2 is 1.90 bits per heavy atom. The first kappa shape index (κ1) is 14.4. The highest BCUT2D eigenvalue weighted by atomic mass is 16.2. The van der Waals surface area contributed by atoms with Crippen LogP contribution in [0.3, 0.4) is 0 Å². The predicted octanol–water partition coefficient (Wildman–Crippen LogP) is 3.31. The minimum absolute atomic E-state index is 0.0638. The van der Waals surface area contributed by atoms with Crippen molar-refractivity contribution in [2.24, 2.45) is 5.41 Å². The smallest absolute Gasteiger partial charge is 0.255 e. The average Bonchev–Trinajstić information content (AvgIpc) is 2.90. The lowest BCUT2D eigenvalue weighted by atomic mass is 9.87. The van der Waals surface area contributed by atoms with Crippen LogP contribution in [0.1, 0.15) is 49.5 Å². The Morgan fingerprint density at radius 3 is 2.40 bits per heavy atom. The zero-order valence-electron chi connectivity index (χ0n) is 12.5. The number of aromatic nitrogens is 3. The van der Waals surface area contributed by atoms with E-state index in [0.717, 1.165) is 12.0 Å². The standard InChI is InChI=1S/C16H21N3O/c1-12(15(20)19-11-17-10-18-19)14-7-5-13(6-8-14)9-16(2,3)4/h5-8,10-12H,9H2,1-4H3/t12-/m1/s1. The van der Waals surface area contributed by atoms with Gasteiger partial charge >= 0.3 is 0 Å². The van der Waals surface area contributed by atoms with Crippen LogP contribution in [0.15, 0.2) is 36.9 Å². The van der Waals surface area contributed by atoms with Gasteiger partial charge in [0.25, 0.3) is 5.91 Å². The molecule has 0 saturated carbocycles. The third-order valence-corrected chi connectivity index (χ3v) is 3.23. The summed E-state index contributed by atoms with van der Waals surface area (Å²) in [6.07, 6.45) is 3.84. The van der Waals surface area contributed by atoms with E-state index in [-0.39, 0.29) is 17.2 Å². The summed E-state index contributed by atoms with van der Waals surface area (Å²) in [4.78, 5) is 16.0. The number of carbonyl (C=O) groups is 1. The normalized spacial score (nSPS) is 13.2. The fourth-order valence-corrected chi connectivity index (χ4v) is 2.20. The van der Waals surface area contributed by atoms with E-state index >= 15 is 0 Å². The van der Waals surface area contributed by atoms with E-state index in [1.807, 2.05) is 19.1 Å². The largest absolute Gasteiger partial charge is 0.272 e. The van der Waals surface area contributed by atoms with Crippen LogP contribution in [0.5, 0.6) is 0 Å². The Kier molecular flexibility index (Phi) is 4.02.